The Morgan fingerprint density at radius 1 is 1.07 bits per heavy atom. The average molecular weight is 365 g/mol. The van der Waals surface area contributed by atoms with E-state index in [-0.39, 0.29) is 23.9 Å². The Balaban J connectivity index is 1.60. The van der Waals surface area contributed by atoms with Crippen LogP contribution in [-0.2, 0) is 6.54 Å². The molecule has 138 valence electrons. The zero-order valence-corrected chi connectivity index (χ0v) is 14.7. The van der Waals surface area contributed by atoms with Crippen molar-refractivity contribution in [2.45, 2.75) is 19.4 Å². The van der Waals surface area contributed by atoms with Crippen LogP contribution in [0.25, 0.3) is 11.3 Å². The number of aromatic nitrogens is 1. The first-order chi connectivity index (χ1) is 13.2. The Hall–Kier alpha value is -3.35. The molecule has 1 fully saturated rings. The molecule has 7 heteroatoms. The number of furan rings is 1. The van der Waals surface area contributed by atoms with Crippen LogP contribution in [0.5, 0.6) is 0 Å². The fraction of sp³-hybridized carbons (Fsp3) is 0.250. The minimum atomic E-state index is -0.390. The van der Waals surface area contributed by atoms with Crippen LogP contribution in [0.15, 0.2) is 57.9 Å². The largest absolute Gasteiger partial charge is 0.467 e. The van der Waals surface area contributed by atoms with Crippen LogP contribution >= 0.6 is 0 Å². The lowest BCUT2D eigenvalue weighted by atomic mass is 10.0. The summed E-state index contributed by atoms with van der Waals surface area (Å²) in [5.74, 6) is 0.480. The van der Waals surface area contributed by atoms with Gasteiger partial charge in [0.1, 0.15) is 5.76 Å². The predicted octanol–water partition coefficient (Wildman–Crippen LogP) is 3.10. The number of amides is 2. The van der Waals surface area contributed by atoms with E-state index in [1.54, 1.807) is 36.6 Å². The number of nitrogens with one attached hydrogen (secondary N) is 1. The van der Waals surface area contributed by atoms with E-state index < -0.39 is 5.91 Å². The number of carbonyl (C=O) groups excluding carboxylic acids is 2. The minimum absolute atomic E-state index is 0.0542. The fourth-order valence-corrected chi connectivity index (χ4v) is 3.22. The molecule has 0 unspecified atom stereocenters. The quantitative estimate of drug-likeness (QED) is 0.750. The van der Waals surface area contributed by atoms with Crippen LogP contribution < -0.4 is 5.32 Å². The molecule has 1 saturated heterocycles. The molecule has 1 aliphatic heterocycles. The van der Waals surface area contributed by atoms with E-state index in [0.717, 1.165) is 25.9 Å². The first-order valence-corrected chi connectivity index (χ1v) is 8.87. The molecular formula is C20H19N3O4. The third kappa shape index (κ3) is 3.48. The van der Waals surface area contributed by atoms with E-state index in [4.69, 9.17) is 8.83 Å². The molecule has 0 aliphatic carbocycles. The van der Waals surface area contributed by atoms with Gasteiger partial charge in [0.25, 0.3) is 11.8 Å². The first-order valence-electron chi connectivity index (χ1n) is 8.87. The lowest BCUT2D eigenvalue weighted by Crippen LogP contribution is -2.28. The smallest absolute Gasteiger partial charge is 0.274 e. The van der Waals surface area contributed by atoms with Crippen LogP contribution in [0.1, 0.15) is 39.4 Å². The molecule has 2 aromatic heterocycles. The van der Waals surface area contributed by atoms with Crippen LogP contribution in [0.3, 0.4) is 0 Å². The molecule has 1 N–H and O–H groups in total. The summed E-state index contributed by atoms with van der Waals surface area (Å²) >= 11 is 0. The van der Waals surface area contributed by atoms with E-state index in [0.29, 0.717) is 16.9 Å². The van der Waals surface area contributed by atoms with Crippen molar-refractivity contribution in [3.05, 3.63) is 66.1 Å². The van der Waals surface area contributed by atoms with Crippen LogP contribution in [0.2, 0.25) is 0 Å². The summed E-state index contributed by atoms with van der Waals surface area (Å²) in [6, 6.07) is 10.7. The maximum atomic E-state index is 12.9. The molecule has 1 aromatic carbocycles. The highest BCUT2D eigenvalue weighted by molar-refractivity contribution is 6.04. The third-order valence-electron chi connectivity index (χ3n) is 4.58. The number of oxazole rings is 1. The summed E-state index contributed by atoms with van der Waals surface area (Å²) in [7, 11) is 0. The summed E-state index contributed by atoms with van der Waals surface area (Å²) in [5, 5.41) is 2.75. The SMILES string of the molecule is O=C(NCc1ccco1)c1ncoc1-c1ccccc1C(=O)N1CCCC1. The van der Waals surface area contributed by atoms with Crippen molar-refractivity contribution >= 4 is 11.8 Å². The highest BCUT2D eigenvalue weighted by Crippen LogP contribution is 2.28. The molecular weight excluding hydrogens is 346 g/mol. The van der Waals surface area contributed by atoms with Gasteiger partial charge in [-0.15, -0.1) is 0 Å². The Kier molecular flexibility index (Phi) is 4.74. The second-order valence-electron chi connectivity index (χ2n) is 6.34. The molecule has 7 nitrogen and oxygen atoms in total. The van der Waals surface area contributed by atoms with Gasteiger partial charge in [0.15, 0.2) is 17.8 Å². The number of benzene rings is 1. The second-order valence-corrected chi connectivity index (χ2v) is 6.34. The Morgan fingerprint density at radius 3 is 2.67 bits per heavy atom. The molecule has 4 rings (SSSR count). The van der Waals surface area contributed by atoms with E-state index in [9.17, 15) is 9.59 Å². The van der Waals surface area contributed by atoms with Crippen molar-refractivity contribution in [1.29, 1.82) is 0 Å². The van der Waals surface area contributed by atoms with Gasteiger partial charge in [-0.3, -0.25) is 9.59 Å². The Morgan fingerprint density at radius 2 is 1.89 bits per heavy atom. The summed E-state index contributed by atoms with van der Waals surface area (Å²) < 4.78 is 10.7. The predicted molar refractivity (Wildman–Crippen MR) is 97.0 cm³/mol. The molecule has 2 amide bonds. The van der Waals surface area contributed by atoms with E-state index in [1.165, 1.54) is 6.39 Å². The van der Waals surface area contributed by atoms with Gasteiger partial charge < -0.3 is 19.1 Å². The maximum Gasteiger partial charge on any atom is 0.274 e. The van der Waals surface area contributed by atoms with E-state index >= 15 is 0 Å². The molecule has 0 atom stereocenters. The standard InChI is InChI=1S/C20H19N3O4/c24-19(21-12-14-6-5-11-26-14)17-18(27-13-22-17)15-7-1-2-8-16(15)20(25)23-9-3-4-10-23/h1-2,5-8,11,13H,3-4,9-10,12H2,(H,21,24). The highest BCUT2D eigenvalue weighted by Gasteiger charge is 2.26. The molecule has 3 aromatic rings. The van der Waals surface area contributed by atoms with Crippen LogP contribution in [0.4, 0.5) is 0 Å². The van der Waals surface area contributed by atoms with Crippen molar-refractivity contribution < 1.29 is 18.4 Å². The monoisotopic (exact) mass is 365 g/mol. The van der Waals surface area contributed by atoms with E-state index in [1.807, 2.05) is 11.0 Å². The zero-order chi connectivity index (χ0) is 18.6. The molecule has 0 saturated carbocycles. The van der Waals surface area contributed by atoms with Crippen molar-refractivity contribution in [2.24, 2.45) is 0 Å². The normalized spacial score (nSPS) is 13.7. The lowest BCUT2D eigenvalue weighted by Gasteiger charge is -2.17. The molecule has 0 radical (unpaired) electrons. The lowest BCUT2D eigenvalue weighted by molar-refractivity contribution is 0.0792. The molecule has 0 spiro atoms. The third-order valence-corrected chi connectivity index (χ3v) is 4.58. The number of hydrogen-bond acceptors (Lipinski definition) is 5. The van der Waals surface area contributed by atoms with Gasteiger partial charge in [0, 0.05) is 18.7 Å². The fourth-order valence-electron chi connectivity index (χ4n) is 3.22. The van der Waals surface area contributed by atoms with Crippen molar-refractivity contribution in [3.8, 4) is 11.3 Å². The molecule has 3 heterocycles. The zero-order valence-electron chi connectivity index (χ0n) is 14.7. The van der Waals surface area contributed by atoms with Gasteiger partial charge in [-0.05, 0) is 31.0 Å². The maximum absolute atomic E-state index is 12.9. The molecule has 27 heavy (non-hydrogen) atoms. The van der Waals surface area contributed by atoms with Gasteiger partial charge in [0.2, 0.25) is 0 Å². The molecule has 0 bridgehead atoms. The van der Waals surface area contributed by atoms with Gasteiger partial charge in [-0.1, -0.05) is 18.2 Å². The topological polar surface area (TPSA) is 88.6 Å². The first kappa shape index (κ1) is 17.1. The van der Waals surface area contributed by atoms with Gasteiger partial charge >= 0.3 is 0 Å². The average Bonchev–Trinajstić information content (AvgIpc) is 3.47. The van der Waals surface area contributed by atoms with Crippen molar-refractivity contribution in [2.75, 3.05) is 13.1 Å². The Labute approximate surface area is 156 Å². The van der Waals surface area contributed by atoms with Crippen LogP contribution in [0, 0.1) is 0 Å². The van der Waals surface area contributed by atoms with Crippen molar-refractivity contribution in [1.82, 2.24) is 15.2 Å². The number of nitrogens with zero attached hydrogens (tertiary/aromatic N) is 2. The number of carbonyl (C=O) groups is 2. The van der Waals surface area contributed by atoms with Gasteiger partial charge in [-0.2, -0.15) is 0 Å². The molecule has 1 aliphatic rings. The van der Waals surface area contributed by atoms with Gasteiger partial charge in [-0.25, -0.2) is 4.98 Å². The number of likely N-dealkylation sites (tertiary alicyclic amines) is 1. The number of rotatable bonds is 5. The summed E-state index contributed by atoms with van der Waals surface area (Å²) in [6.07, 6.45) is 4.78. The highest BCUT2D eigenvalue weighted by atomic mass is 16.3. The van der Waals surface area contributed by atoms with Crippen LogP contribution in [-0.4, -0.2) is 34.8 Å². The van der Waals surface area contributed by atoms with Crippen molar-refractivity contribution in [3.63, 3.8) is 0 Å². The summed E-state index contributed by atoms with van der Waals surface area (Å²) in [4.78, 5) is 31.3. The second kappa shape index (κ2) is 7.49. The van der Waals surface area contributed by atoms with E-state index in [2.05, 4.69) is 10.3 Å². The Bertz CT molecular complexity index is 940. The number of hydrogen-bond donors (Lipinski definition) is 1. The summed E-state index contributed by atoms with van der Waals surface area (Å²) in [6.45, 7) is 1.74. The summed E-state index contributed by atoms with van der Waals surface area (Å²) in [5.41, 5.74) is 1.22. The van der Waals surface area contributed by atoms with Gasteiger partial charge in [0.05, 0.1) is 18.4 Å². The minimum Gasteiger partial charge on any atom is -0.467 e.